The average molecular weight is 367 g/mol. The molecule has 0 saturated carbocycles. The van der Waals surface area contributed by atoms with Crippen LogP contribution in [0.1, 0.15) is 29.1 Å². The van der Waals surface area contributed by atoms with E-state index in [0.717, 1.165) is 29.7 Å². The first kappa shape index (κ1) is 17.3. The number of fused-ring (bicyclic) bond motifs is 1. The Morgan fingerprint density at radius 3 is 2.89 bits per heavy atom. The minimum atomic E-state index is -0.131. The van der Waals surface area contributed by atoms with Gasteiger partial charge in [0.05, 0.1) is 19.3 Å². The van der Waals surface area contributed by atoms with Crippen LogP contribution in [-0.2, 0) is 0 Å². The van der Waals surface area contributed by atoms with E-state index in [1.54, 1.807) is 24.1 Å². The molecule has 7 heteroatoms. The molecule has 7 nitrogen and oxygen atoms in total. The van der Waals surface area contributed by atoms with Crippen molar-refractivity contribution >= 4 is 16.9 Å². The van der Waals surface area contributed by atoms with E-state index < -0.39 is 0 Å². The van der Waals surface area contributed by atoms with Gasteiger partial charge >= 0.3 is 0 Å². The molecule has 1 unspecified atom stereocenters. The molecule has 1 aromatic carbocycles. The van der Waals surface area contributed by atoms with E-state index in [4.69, 9.17) is 13.9 Å². The number of methoxy groups -OCH3 is 1. The third-order valence-electron chi connectivity index (χ3n) is 4.66. The number of nitrogens with zero attached hydrogens (tertiary/aromatic N) is 3. The van der Waals surface area contributed by atoms with Crippen molar-refractivity contribution in [1.82, 2.24) is 15.1 Å². The van der Waals surface area contributed by atoms with Crippen LogP contribution in [-0.4, -0.2) is 47.3 Å². The van der Waals surface area contributed by atoms with E-state index in [2.05, 4.69) is 10.2 Å². The monoisotopic (exact) mass is 367 g/mol. The third-order valence-corrected chi connectivity index (χ3v) is 4.66. The van der Waals surface area contributed by atoms with Crippen molar-refractivity contribution in [2.24, 2.45) is 0 Å². The van der Waals surface area contributed by atoms with Crippen molar-refractivity contribution in [2.45, 2.75) is 25.9 Å². The Bertz CT molecular complexity index is 952. The summed E-state index contributed by atoms with van der Waals surface area (Å²) in [6.07, 6.45) is 1.63. The summed E-state index contributed by atoms with van der Waals surface area (Å²) in [4.78, 5) is 14.7. The zero-order valence-corrected chi connectivity index (χ0v) is 15.3. The maximum atomic E-state index is 12.9. The smallest absolute Gasteiger partial charge is 0.289 e. The zero-order chi connectivity index (χ0) is 18.8. The van der Waals surface area contributed by atoms with Crippen LogP contribution in [0.2, 0.25) is 0 Å². The molecule has 1 amide bonds. The first-order chi connectivity index (χ1) is 13.1. The second-order valence-corrected chi connectivity index (χ2v) is 6.66. The van der Waals surface area contributed by atoms with Gasteiger partial charge in [0.15, 0.2) is 5.76 Å². The summed E-state index contributed by atoms with van der Waals surface area (Å²) < 4.78 is 16.9. The molecule has 1 aliphatic heterocycles. The molecule has 0 N–H and O–H groups in total. The van der Waals surface area contributed by atoms with Crippen molar-refractivity contribution in [3.05, 3.63) is 47.9 Å². The maximum absolute atomic E-state index is 12.9. The number of aromatic nitrogens is 2. The number of amides is 1. The number of benzene rings is 1. The standard InChI is InChI=1S/C20H21N3O4/c1-13-5-8-19(22-21-13)26-16-4-3-9-23(12-16)20(24)18-11-14-10-15(25-2)6-7-17(14)27-18/h5-8,10-11,16H,3-4,9,12H2,1-2H3. The van der Waals surface area contributed by atoms with Crippen LogP contribution >= 0.6 is 0 Å². The largest absolute Gasteiger partial charge is 0.497 e. The number of carbonyl (C=O) groups is 1. The van der Waals surface area contributed by atoms with Crippen molar-refractivity contribution in [3.63, 3.8) is 0 Å². The van der Waals surface area contributed by atoms with Crippen LogP contribution in [0.3, 0.4) is 0 Å². The Hall–Kier alpha value is -3.09. The van der Waals surface area contributed by atoms with Gasteiger partial charge in [-0.3, -0.25) is 4.79 Å². The highest BCUT2D eigenvalue weighted by atomic mass is 16.5. The first-order valence-corrected chi connectivity index (χ1v) is 8.96. The fraction of sp³-hybridized carbons (Fsp3) is 0.350. The minimum Gasteiger partial charge on any atom is -0.497 e. The number of furan rings is 1. The van der Waals surface area contributed by atoms with Gasteiger partial charge in [-0.25, -0.2) is 0 Å². The van der Waals surface area contributed by atoms with Gasteiger partial charge in [-0.2, -0.15) is 5.10 Å². The number of ether oxygens (including phenoxy) is 2. The lowest BCUT2D eigenvalue weighted by atomic mass is 10.1. The lowest BCUT2D eigenvalue weighted by Gasteiger charge is -2.32. The van der Waals surface area contributed by atoms with Crippen molar-refractivity contribution < 1.29 is 18.7 Å². The van der Waals surface area contributed by atoms with Crippen LogP contribution < -0.4 is 9.47 Å². The van der Waals surface area contributed by atoms with Gasteiger partial charge in [0.25, 0.3) is 5.91 Å². The fourth-order valence-corrected chi connectivity index (χ4v) is 3.25. The lowest BCUT2D eigenvalue weighted by molar-refractivity contribution is 0.0500. The Morgan fingerprint density at radius 2 is 2.11 bits per heavy atom. The molecule has 2 aromatic heterocycles. The van der Waals surface area contributed by atoms with Crippen LogP contribution in [0.5, 0.6) is 11.6 Å². The van der Waals surface area contributed by atoms with Crippen LogP contribution in [0.25, 0.3) is 11.0 Å². The molecule has 1 fully saturated rings. The van der Waals surface area contributed by atoms with E-state index in [-0.39, 0.29) is 12.0 Å². The van der Waals surface area contributed by atoms with Gasteiger partial charge in [-0.1, -0.05) is 0 Å². The highest BCUT2D eigenvalue weighted by molar-refractivity contribution is 5.96. The van der Waals surface area contributed by atoms with Gasteiger partial charge < -0.3 is 18.8 Å². The summed E-state index contributed by atoms with van der Waals surface area (Å²) in [5.74, 6) is 1.41. The molecule has 4 rings (SSSR count). The summed E-state index contributed by atoms with van der Waals surface area (Å²) in [7, 11) is 1.61. The molecule has 0 aliphatic carbocycles. The fourth-order valence-electron chi connectivity index (χ4n) is 3.25. The number of rotatable bonds is 4. The van der Waals surface area contributed by atoms with Crippen molar-refractivity contribution in [1.29, 1.82) is 0 Å². The molecular formula is C20H21N3O4. The summed E-state index contributed by atoms with van der Waals surface area (Å²) in [5, 5.41) is 8.89. The van der Waals surface area contributed by atoms with Crippen molar-refractivity contribution in [2.75, 3.05) is 20.2 Å². The molecular weight excluding hydrogens is 346 g/mol. The van der Waals surface area contributed by atoms with Crippen molar-refractivity contribution in [3.8, 4) is 11.6 Å². The average Bonchev–Trinajstić information content (AvgIpc) is 3.12. The predicted octanol–water partition coefficient (Wildman–Crippen LogP) is 3.22. The normalized spacial score (nSPS) is 17.1. The second-order valence-electron chi connectivity index (χ2n) is 6.66. The van der Waals surface area contributed by atoms with Crippen LogP contribution in [0.15, 0.2) is 40.8 Å². The van der Waals surface area contributed by atoms with E-state index >= 15 is 0 Å². The molecule has 0 bridgehead atoms. The Kier molecular flexibility index (Phi) is 4.66. The van der Waals surface area contributed by atoms with E-state index in [9.17, 15) is 4.79 Å². The maximum Gasteiger partial charge on any atom is 0.289 e. The molecule has 1 aliphatic rings. The van der Waals surface area contributed by atoms with E-state index in [0.29, 0.717) is 30.3 Å². The summed E-state index contributed by atoms with van der Waals surface area (Å²) in [6.45, 7) is 3.05. The first-order valence-electron chi connectivity index (χ1n) is 8.96. The number of aryl methyl sites for hydroxylation is 1. The minimum absolute atomic E-state index is 0.107. The number of carbonyl (C=O) groups excluding carboxylic acids is 1. The molecule has 3 heterocycles. The topological polar surface area (TPSA) is 77.7 Å². The Labute approximate surface area is 156 Å². The Morgan fingerprint density at radius 1 is 1.22 bits per heavy atom. The van der Waals surface area contributed by atoms with Gasteiger partial charge in [-0.05, 0) is 50.1 Å². The van der Waals surface area contributed by atoms with Gasteiger partial charge in [0, 0.05) is 18.0 Å². The highest BCUT2D eigenvalue weighted by Gasteiger charge is 2.28. The van der Waals surface area contributed by atoms with E-state index in [1.807, 2.05) is 31.2 Å². The van der Waals surface area contributed by atoms with Gasteiger partial charge in [0.2, 0.25) is 5.88 Å². The lowest BCUT2D eigenvalue weighted by Crippen LogP contribution is -2.44. The molecule has 1 saturated heterocycles. The summed E-state index contributed by atoms with van der Waals surface area (Å²) >= 11 is 0. The zero-order valence-electron chi connectivity index (χ0n) is 15.3. The van der Waals surface area contributed by atoms with Crippen LogP contribution in [0, 0.1) is 6.92 Å². The molecule has 27 heavy (non-hydrogen) atoms. The molecule has 140 valence electrons. The van der Waals surface area contributed by atoms with E-state index in [1.165, 1.54) is 0 Å². The molecule has 1 atom stereocenters. The third kappa shape index (κ3) is 3.72. The highest BCUT2D eigenvalue weighted by Crippen LogP contribution is 2.26. The van der Waals surface area contributed by atoms with Gasteiger partial charge in [0.1, 0.15) is 17.4 Å². The number of hydrogen-bond donors (Lipinski definition) is 0. The molecule has 0 spiro atoms. The Balaban J connectivity index is 1.47. The van der Waals surface area contributed by atoms with Crippen LogP contribution in [0.4, 0.5) is 0 Å². The summed E-state index contributed by atoms with van der Waals surface area (Å²) in [6, 6.07) is 10.9. The number of piperidine rings is 1. The number of likely N-dealkylation sites (tertiary alicyclic amines) is 1. The molecule has 3 aromatic rings. The quantitative estimate of drug-likeness (QED) is 0.705. The second kappa shape index (κ2) is 7.26. The predicted molar refractivity (Wildman–Crippen MR) is 99.1 cm³/mol. The van der Waals surface area contributed by atoms with Gasteiger partial charge in [-0.15, -0.1) is 5.10 Å². The SMILES string of the molecule is COc1ccc2oc(C(=O)N3CCCC(Oc4ccc(C)nn4)C3)cc2c1. The summed E-state index contributed by atoms with van der Waals surface area (Å²) in [5.41, 5.74) is 1.50. The molecule has 0 radical (unpaired) electrons. The number of hydrogen-bond acceptors (Lipinski definition) is 6.